The summed E-state index contributed by atoms with van der Waals surface area (Å²) < 4.78 is 38.5. The third-order valence-electron chi connectivity index (χ3n) is 4.16. The first-order valence-corrected chi connectivity index (χ1v) is 10.8. The van der Waals surface area contributed by atoms with Crippen LogP contribution < -0.4 is 10.4 Å². The molecule has 0 amide bonds. The van der Waals surface area contributed by atoms with Crippen LogP contribution >= 0.6 is 11.6 Å². The highest BCUT2D eigenvalue weighted by atomic mass is 35.5. The number of nitrogens with zero attached hydrogens (tertiary/aromatic N) is 2. The number of esters is 1. The monoisotopic (exact) mass is 452 g/mol. The molecule has 0 fully saturated rings. The molecule has 0 aliphatic carbocycles. The normalized spacial score (nSPS) is 12.2. The molecule has 160 valence electrons. The highest BCUT2D eigenvalue weighted by Crippen LogP contribution is 2.24. The molecule has 8 nitrogen and oxygen atoms in total. The molecule has 0 saturated heterocycles. The Bertz CT molecular complexity index is 1270. The summed E-state index contributed by atoms with van der Waals surface area (Å²) in [7, 11) is -2.79. The number of ether oxygens (including phenoxy) is 2. The Morgan fingerprint density at radius 2 is 1.70 bits per heavy atom. The molecule has 30 heavy (non-hydrogen) atoms. The van der Waals surface area contributed by atoms with E-state index in [4.69, 9.17) is 21.1 Å². The maximum absolute atomic E-state index is 13.2. The SMILES string of the molecule is COc1ccc(S(=O)(=O)n2c(=O)n(CC(=O)OC(C)(C)C)c3cc(Cl)ccc32)cc1. The number of rotatable bonds is 5. The van der Waals surface area contributed by atoms with Gasteiger partial charge in [0.2, 0.25) is 0 Å². The van der Waals surface area contributed by atoms with Crippen LogP contribution in [0.5, 0.6) is 5.75 Å². The summed E-state index contributed by atoms with van der Waals surface area (Å²) in [5.74, 6) is -0.203. The van der Waals surface area contributed by atoms with Crippen LogP contribution in [0.1, 0.15) is 20.8 Å². The Labute approximate surface area is 178 Å². The minimum absolute atomic E-state index is 0.100. The van der Waals surface area contributed by atoms with Gasteiger partial charge in [-0.1, -0.05) is 11.6 Å². The van der Waals surface area contributed by atoms with Crippen molar-refractivity contribution in [1.29, 1.82) is 0 Å². The molecule has 0 unspecified atom stereocenters. The van der Waals surface area contributed by atoms with Crippen LogP contribution in [0, 0.1) is 0 Å². The van der Waals surface area contributed by atoms with Gasteiger partial charge in [-0.3, -0.25) is 9.36 Å². The number of aromatic nitrogens is 2. The van der Waals surface area contributed by atoms with Crippen molar-refractivity contribution < 1.29 is 22.7 Å². The second kappa shape index (κ2) is 7.81. The lowest BCUT2D eigenvalue weighted by Crippen LogP contribution is -2.33. The standard InChI is InChI=1S/C20H21ClN2O6S/c1-20(2,3)29-18(24)12-22-17-11-13(21)5-10-16(17)23(19(22)25)30(26,27)15-8-6-14(28-4)7-9-15/h5-11H,12H2,1-4H3. The number of fused-ring (bicyclic) bond motifs is 1. The van der Waals surface area contributed by atoms with E-state index in [-0.39, 0.29) is 15.9 Å². The van der Waals surface area contributed by atoms with Crippen molar-refractivity contribution in [3.63, 3.8) is 0 Å². The summed E-state index contributed by atoms with van der Waals surface area (Å²) >= 11 is 6.06. The zero-order valence-electron chi connectivity index (χ0n) is 16.9. The van der Waals surface area contributed by atoms with Crippen molar-refractivity contribution in [2.75, 3.05) is 7.11 Å². The van der Waals surface area contributed by atoms with Crippen LogP contribution in [-0.2, 0) is 26.1 Å². The molecule has 0 saturated carbocycles. The number of imidazole rings is 1. The van der Waals surface area contributed by atoms with E-state index in [0.29, 0.717) is 14.7 Å². The van der Waals surface area contributed by atoms with Gasteiger partial charge in [0.15, 0.2) is 0 Å². The van der Waals surface area contributed by atoms with Gasteiger partial charge in [-0.05, 0) is 63.2 Å². The van der Waals surface area contributed by atoms with Crippen LogP contribution in [0.2, 0.25) is 5.02 Å². The zero-order valence-corrected chi connectivity index (χ0v) is 18.5. The molecule has 0 atom stereocenters. The van der Waals surface area contributed by atoms with Crippen molar-refractivity contribution in [3.05, 3.63) is 58.0 Å². The van der Waals surface area contributed by atoms with Gasteiger partial charge in [0.1, 0.15) is 17.9 Å². The molecule has 0 bridgehead atoms. The van der Waals surface area contributed by atoms with E-state index in [1.54, 1.807) is 20.8 Å². The second-order valence-corrected chi connectivity index (χ2v) is 9.76. The average molecular weight is 453 g/mol. The molecule has 1 aromatic heterocycles. The van der Waals surface area contributed by atoms with Crippen molar-refractivity contribution in [2.24, 2.45) is 0 Å². The summed E-state index contributed by atoms with van der Waals surface area (Å²) in [5.41, 5.74) is -1.35. The van der Waals surface area contributed by atoms with Crippen molar-refractivity contribution in [2.45, 2.75) is 37.8 Å². The Kier molecular flexibility index (Phi) is 5.70. The van der Waals surface area contributed by atoms with Gasteiger partial charge < -0.3 is 9.47 Å². The number of carbonyl (C=O) groups excluding carboxylic acids is 1. The fourth-order valence-corrected chi connectivity index (χ4v) is 4.52. The van der Waals surface area contributed by atoms with Crippen LogP contribution in [0.3, 0.4) is 0 Å². The summed E-state index contributed by atoms with van der Waals surface area (Å²) in [6.07, 6.45) is 0. The number of halogens is 1. The lowest BCUT2D eigenvalue weighted by Gasteiger charge is -2.19. The van der Waals surface area contributed by atoms with Crippen molar-refractivity contribution in [3.8, 4) is 5.75 Å². The largest absolute Gasteiger partial charge is 0.497 e. The van der Waals surface area contributed by atoms with Crippen molar-refractivity contribution >= 4 is 38.6 Å². The van der Waals surface area contributed by atoms with E-state index in [1.807, 2.05) is 0 Å². The summed E-state index contributed by atoms with van der Waals surface area (Å²) in [6, 6.07) is 9.97. The minimum atomic E-state index is -4.25. The number of carbonyl (C=O) groups is 1. The smallest absolute Gasteiger partial charge is 0.343 e. The summed E-state index contributed by atoms with van der Waals surface area (Å²) in [6.45, 7) is 4.63. The third-order valence-corrected chi connectivity index (χ3v) is 6.09. The Morgan fingerprint density at radius 3 is 2.27 bits per heavy atom. The first kappa shape index (κ1) is 21.9. The first-order chi connectivity index (χ1) is 13.9. The van der Waals surface area contributed by atoms with Crippen LogP contribution in [-0.4, -0.2) is 35.6 Å². The number of hydrogen-bond donors (Lipinski definition) is 0. The van der Waals surface area contributed by atoms with Gasteiger partial charge in [-0.15, -0.1) is 0 Å². The van der Waals surface area contributed by atoms with Crippen LogP contribution in [0.4, 0.5) is 0 Å². The predicted molar refractivity (Wildman–Crippen MR) is 113 cm³/mol. The van der Waals surface area contributed by atoms with Gasteiger partial charge in [-0.25, -0.2) is 13.2 Å². The highest BCUT2D eigenvalue weighted by molar-refractivity contribution is 7.90. The van der Waals surface area contributed by atoms with E-state index in [0.717, 1.165) is 4.57 Å². The minimum Gasteiger partial charge on any atom is -0.497 e. The van der Waals surface area contributed by atoms with Gasteiger partial charge in [0, 0.05) is 5.02 Å². The molecule has 0 aliphatic heterocycles. The molecule has 0 spiro atoms. The van der Waals surface area contributed by atoms with E-state index >= 15 is 0 Å². The molecular weight excluding hydrogens is 432 g/mol. The summed E-state index contributed by atoms with van der Waals surface area (Å²) in [4.78, 5) is 25.3. The molecule has 3 rings (SSSR count). The average Bonchev–Trinajstić information content (AvgIpc) is 2.92. The Hall–Kier alpha value is -2.78. The zero-order chi connectivity index (χ0) is 22.3. The summed E-state index contributed by atoms with van der Waals surface area (Å²) in [5, 5.41) is 0.291. The van der Waals surface area contributed by atoms with Gasteiger partial charge in [-0.2, -0.15) is 3.97 Å². The molecule has 3 aromatic rings. The fraction of sp³-hybridized carbons (Fsp3) is 0.300. The first-order valence-electron chi connectivity index (χ1n) is 8.96. The van der Waals surface area contributed by atoms with E-state index in [1.165, 1.54) is 49.6 Å². The molecule has 10 heteroatoms. The fourth-order valence-electron chi connectivity index (χ4n) is 2.94. The Morgan fingerprint density at radius 1 is 1.07 bits per heavy atom. The van der Waals surface area contributed by atoms with E-state index in [9.17, 15) is 18.0 Å². The Balaban J connectivity index is 2.19. The molecule has 0 aliphatic rings. The molecule has 2 aromatic carbocycles. The van der Waals surface area contributed by atoms with E-state index in [2.05, 4.69) is 0 Å². The lowest BCUT2D eigenvalue weighted by atomic mass is 10.2. The predicted octanol–water partition coefficient (Wildman–Crippen LogP) is 3.04. The topological polar surface area (TPSA) is 96.6 Å². The number of hydrogen-bond acceptors (Lipinski definition) is 6. The van der Waals surface area contributed by atoms with Gasteiger partial charge >= 0.3 is 11.7 Å². The number of methoxy groups -OCH3 is 1. The number of benzene rings is 2. The van der Waals surface area contributed by atoms with Gasteiger partial charge in [0.05, 0.1) is 23.0 Å². The molecular formula is C20H21ClN2O6S. The second-order valence-electron chi connectivity index (χ2n) is 7.53. The third kappa shape index (κ3) is 4.22. The molecule has 1 heterocycles. The quantitative estimate of drug-likeness (QED) is 0.552. The molecule has 0 N–H and O–H groups in total. The highest BCUT2D eigenvalue weighted by Gasteiger charge is 2.27. The maximum Gasteiger partial charge on any atom is 0.343 e. The van der Waals surface area contributed by atoms with Crippen LogP contribution in [0.15, 0.2) is 52.2 Å². The molecule has 0 radical (unpaired) electrons. The van der Waals surface area contributed by atoms with Gasteiger partial charge in [0.25, 0.3) is 10.0 Å². The maximum atomic E-state index is 13.2. The van der Waals surface area contributed by atoms with Crippen molar-refractivity contribution in [1.82, 2.24) is 8.54 Å². The lowest BCUT2D eigenvalue weighted by molar-refractivity contribution is -0.155. The van der Waals surface area contributed by atoms with Crippen LogP contribution in [0.25, 0.3) is 11.0 Å². The van der Waals surface area contributed by atoms with E-state index < -0.39 is 33.8 Å².